The fourth-order valence-electron chi connectivity index (χ4n) is 4.57. The molecule has 3 aliphatic rings. The first-order chi connectivity index (χ1) is 10.2. The fraction of sp³-hybridized carbons (Fsp3) is 0.588. The van der Waals surface area contributed by atoms with Crippen LogP contribution in [0.2, 0.25) is 0 Å². The van der Waals surface area contributed by atoms with Crippen LogP contribution in [-0.4, -0.2) is 26.3 Å². The highest BCUT2D eigenvalue weighted by molar-refractivity contribution is 5.75. The van der Waals surface area contributed by atoms with Crippen LogP contribution >= 0.6 is 0 Å². The van der Waals surface area contributed by atoms with E-state index in [1.165, 1.54) is 18.2 Å². The standard InChI is InChI=1S/C17H20O4/c1-19-13-7-6-9-8-11(17(18)20-2)10-4-3-5-12-15(10)14(9)16(13)21-12/h6-7,10-12,15H,3-5,8H2,1-2H3/t10-,11+,12-,15+/m0/s1. The van der Waals surface area contributed by atoms with Crippen molar-refractivity contribution < 1.29 is 19.0 Å². The Bertz CT molecular complexity index is 595. The number of esters is 1. The van der Waals surface area contributed by atoms with Crippen molar-refractivity contribution in [2.75, 3.05) is 14.2 Å². The zero-order chi connectivity index (χ0) is 14.6. The third-order valence-electron chi connectivity index (χ3n) is 5.42. The van der Waals surface area contributed by atoms with E-state index in [0.29, 0.717) is 11.8 Å². The molecule has 4 atom stereocenters. The predicted molar refractivity (Wildman–Crippen MR) is 76.7 cm³/mol. The van der Waals surface area contributed by atoms with Gasteiger partial charge in [0.25, 0.3) is 0 Å². The fourth-order valence-corrected chi connectivity index (χ4v) is 4.57. The van der Waals surface area contributed by atoms with Crippen LogP contribution in [0.3, 0.4) is 0 Å². The molecule has 1 aliphatic heterocycles. The van der Waals surface area contributed by atoms with Crippen molar-refractivity contribution in [3.05, 3.63) is 23.3 Å². The van der Waals surface area contributed by atoms with E-state index in [1.54, 1.807) is 7.11 Å². The minimum Gasteiger partial charge on any atom is -0.493 e. The number of hydrogen-bond donors (Lipinski definition) is 0. The molecule has 1 aromatic carbocycles. The molecule has 4 nitrogen and oxygen atoms in total. The zero-order valence-electron chi connectivity index (χ0n) is 12.4. The number of ether oxygens (including phenoxy) is 3. The van der Waals surface area contributed by atoms with Crippen molar-refractivity contribution in [1.82, 2.24) is 0 Å². The van der Waals surface area contributed by atoms with E-state index in [-0.39, 0.29) is 18.0 Å². The van der Waals surface area contributed by atoms with Crippen LogP contribution in [0.1, 0.15) is 36.3 Å². The smallest absolute Gasteiger partial charge is 0.309 e. The molecule has 2 aliphatic carbocycles. The summed E-state index contributed by atoms with van der Waals surface area (Å²) in [7, 11) is 3.17. The molecule has 112 valence electrons. The molecule has 1 fully saturated rings. The van der Waals surface area contributed by atoms with Crippen LogP contribution in [0.25, 0.3) is 0 Å². The minimum absolute atomic E-state index is 0.0294. The lowest BCUT2D eigenvalue weighted by atomic mass is 9.63. The van der Waals surface area contributed by atoms with Crippen molar-refractivity contribution >= 4 is 5.97 Å². The van der Waals surface area contributed by atoms with E-state index in [2.05, 4.69) is 6.07 Å². The van der Waals surface area contributed by atoms with Gasteiger partial charge in [-0.25, -0.2) is 0 Å². The summed E-state index contributed by atoms with van der Waals surface area (Å²) in [5, 5.41) is 0. The summed E-state index contributed by atoms with van der Waals surface area (Å²) in [6.07, 6.45) is 4.22. The van der Waals surface area contributed by atoms with Gasteiger partial charge in [0, 0.05) is 11.5 Å². The molecule has 1 saturated carbocycles. The van der Waals surface area contributed by atoms with E-state index in [0.717, 1.165) is 37.2 Å². The summed E-state index contributed by atoms with van der Waals surface area (Å²) in [5.74, 6) is 2.31. The monoisotopic (exact) mass is 288 g/mol. The van der Waals surface area contributed by atoms with Crippen LogP contribution in [0.4, 0.5) is 0 Å². The van der Waals surface area contributed by atoms with Gasteiger partial charge >= 0.3 is 5.97 Å². The Kier molecular flexibility index (Phi) is 2.88. The normalized spacial score (nSPS) is 32.1. The molecule has 4 rings (SSSR count). The predicted octanol–water partition coefficient (Wildman–Crippen LogP) is 2.69. The summed E-state index contributed by atoms with van der Waals surface area (Å²) in [5.41, 5.74) is 2.52. The number of benzene rings is 1. The first-order valence-corrected chi connectivity index (χ1v) is 7.69. The summed E-state index contributed by atoms with van der Waals surface area (Å²) >= 11 is 0. The molecule has 21 heavy (non-hydrogen) atoms. The lowest BCUT2D eigenvalue weighted by molar-refractivity contribution is -0.149. The van der Waals surface area contributed by atoms with Gasteiger partial charge in [-0.3, -0.25) is 4.79 Å². The van der Waals surface area contributed by atoms with Crippen LogP contribution < -0.4 is 9.47 Å². The second-order valence-corrected chi connectivity index (χ2v) is 6.28. The third kappa shape index (κ3) is 1.71. The van der Waals surface area contributed by atoms with E-state index in [1.807, 2.05) is 6.07 Å². The molecule has 4 heteroatoms. The molecule has 0 radical (unpaired) electrons. The number of rotatable bonds is 2. The van der Waals surface area contributed by atoms with Gasteiger partial charge < -0.3 is 14.2 Å². The average molecular weight is 288 g/mol. The highest BCUT2D eigenvalue weighted by Gasteiger charge is 2.51. The van der Waals surface area contributed by atoms with Gasteiger partial charge in [0.05, 0.1) is 20.1 Å². The maximum atomic E-state index is 12.2. The molecule has 0 spiro atoms. The molecule has 0 unspecified atom stereocenters. The maximum absolute atomic E-state index is 12.2. The first-order valence-electron chi connectivity index (χ1n) is 7.69. The lowest BCUT2D eigenvalue weighted by Crippen LogP contribution is -2.41. The lowest BCUT2D eigenvalue weighted by Gasteiger charge is -2.40. The summed E-state index contributed by atoms with van der Waals surface area (Å²) in [6, 6.07) is 4.05. The highest BCUT2D eigenvalue weighted by Crippen LogP contribution is 2.58. The Labute approximate surface area is 124 Å². The van der Waals surface area contributed by atoms with Crippen LogP contribution in [0.5, 0.6) is 11.5 Å². The van der Waals surface area contributed by atoms with E-state index >= 15 is 0 Å². The molecular weight excluding hydrogens is 268 g/mol. The van der Waals surface area contributed by atoms with Crippen molar-refractivity contribution in [3.8, 4) is 11.5 Å². The number of carbonyl (C=O) groups excluding carboxylic acids is 1. The van der Waals surface area contributed by atoms with Gasteiger partial charge in [-0.1, -0.05) is 6.07 Å². The van der Waals surface area contributed by atoms with Crippen molar-refractivity contribution in [1.29, 1.82) is 0 Å². The minimum atomic E-state index is -0.0735. The highest BCUT2D eigenvalue weighted by atomic mass is 16.5. The van der Waals surface area contributed by atoms with E-state index < -0.39 is 0 Å². The van der Waals surface area contributed by atoms with Crippen LogP contribution in [-0.2, 0) is 16.0 Å². The van der Waals surface area contributed by atoms with Gasteiger partial charge in [-0.15, -0.1) is 0 Å². The Morgan fingerprint density at radius 1 is 1.29 bits per heavy atom. The zero-order valence-corrected chi connectivity index (χ0v) is 12.4. The topological polar surface area (TPSA) is 44.8 Å². The summed E-state index contributed by atoms with van der Waals surface area (Å²) in [4.78, 5) is 12.2. The van der Waals surface area contributed by atoms with Crippen LogP contribution in [0, 0.1) is 11.8 Å². The van der Waals surface area contributed by atoms with Gasteiger partial charge in [0.15, 0.2) is 11.5 Å². The Morgan fingerprint density at radius 2 is 2.14 bits per heavy atom. The Morgan fingerprint density at radius 3 is 2.90 bits per heavy atom. The van der Waals surface area contributed by atoms with Gasteiger partial charge in [0.2, 0.25) is 0 Å². The molecule has 1 heterocycles. The molecule has 0 N–H and O–H groups in total. The summed E-state index contributed by atoms with van der Waals surface area (Å²) in [6.45, 7) is 0. The Hall–Kier alpha value is -1.71. The van der Waals surface area contributed by atoms with E-state index in [4.69, 9.17) is 14.2 Å². The number of methoxy groups -OCH3 is 2. The number of hydrogen-bond acceptors (Lipinski definition) is 4. The molecular formula is C17H20O4. The molecule has 1 aromatic rings. The average Bonchev–Trinajstić information content (AvgIpc) is 2.92. The van der Waals surface area contributed by atoms with Crippen molar-refractivity contribution in [2.24, 2.45) is 11.8 Å². The van der Waals surface area contributed by atoms with Crippen molar-refractivity contribution in [2.45, 2.75) is 37.7 Å². The molecule has 0 aromatic heterocycles. The van der Waals surface area contributed by atoms with Gasteiger partial charge in [-0.2, -0.15) is 0 Å². The SMILES string of the molecule is COC(=O)[C@@H]1Cc2ccc(OC)c3c2[C@@H]2[C@H]1CCC[C@@H]2O3. The number of carbonyl (C=O) groups is 1. The maximum Gasteiger partial charge on any atom is 0.309 e. The molecule has 0 saturated heterocycles. The quantitative estimate of drug-likeness (QED) is 0.785. The molecule has 0 amide bonds. The van der Waals surface area contributed by atoms with Crippen LogP contribution in [0.15, 0.2) is 12.1 Å². The first kappa shape index (κ1) is 13.0. The third-order valence-corrected chi connectivity index (χ3v) is 5.42. The second-order valence-electron chi connectivity index (χ2n) is 6.28. The second kappa shape index (κ2) is 4.65. The Balaban J connectivity index is 1.85. The van der Waals surface area contributed by atoms with Gasteiger partial charge in [-0.05, 0) is 43.2 Å². The van der Waals surface area contributed by atoms with Crippen molar-refractivity contribution in [3.63, 3.8) is 0 Å². The van der Waals surface area contributed by atoms with Gasteiger partial charge in [0.1, 0.15) is 6.10 Å². The molecule has 0 bridgehead atoms. The van der Waals surface area contributed by atoms with E-state index in [9.17, 15) is 4.79 Å². The summed E-state index contributed by atoms with van der Waals surface area (Å²) < 4.78 is 16.7. The largest absolute Gasteiger partial charge is 0.493 e.